The Morgan fingerprint density at radius 2 is 2.06 bits per heavy atom. The van der Waals surface area contributed by atoms with Gasteiger partial charge in [0.05, 0.1) is 0 Å². The third kappa shape index (κ3) is 4.94. The summed E-state index contributed by atoms with van der Waals surface area (Å²) in [7, 11) is 0. The number of carboxylic acids is 1. The van der Waals surface area contributed by atoms with Crippen molar-refractivity contribution < 1.29 is 9.90 Å². The van der Waals surface area contributed by atoms with Crippen LogP contribution < -0.4 is 5.32 Å². The summed E-state index contributed by atoms with van der Waals surface area (Å²) >= 11 is 0. The van der Waals surface area contributed by atoms with E-state index in [0.29, 0.717) is 0 Å². The van der Waals surface area contributed by atoms with Crippen molar-refractivity contribution >= 4 is 5.97 Å². The first kappa shape index (κ1) is 13.5. The molecule has 4 heteroatoms. The van der Waals surface area contributed by atoms with Crippen LogP contribution in [0.25, 0.3) is 0 Å². The van der Waals surface area contributed by atoms with Crippen LogP contribution in [-0.2, 0) is 4.79 Å². The van der Waals surface area contributed by atoms with E-state index < -0.39 is 5.97 Å². The Balaban J connectivity index is 2.13. The van der Waals surface area contributed by atoms with Gasteiger partial charge in [-0.25, -0.2) is 0 Å². The van der Waals surface area contributed by atoms with Crippen LogP contribution in [0, 0.1) is 0 Å². The minimum absolute atomic E-state index is 0.366. The molecular weight excluding hydrogens is 204 g/mol. The smallest absolute Gasteiger partial charge is 0.320 e. The van der Waals surface area contributed by atoms with E-state index in [9.17, 15) is 4.79 Å². The fourth-order valence-electron chi connectivity index (χ4n) is 2.18. The molecule has 1 aliphatic rings. The highest BCUT2D eigenvalue weighted by Gasteiger charge is 2.16. The van der Waals surface area contributed by atoms with Crippen LogP contribution >= 0.6 is 0 Å². The van der Waals surface area contributed by atoms with E-state index in [0.717, 1.165) is 25.9 Å². The van der Waals surface area contributed by atoms with Crippen molar-refractivity contribution in [1.29, 1.82) is 0 Å². The number of nitrogens with one attached hydrogen (secondary N) is 1. The third-order valence-corrected chi connectivity index (χ3v) is 3.14. The molecule has 94 valence electrons. The van der Waals surface area contributed by atoms with Crippen molar-refractivity contribution in [2.45, 2.75) is 45.1 Å². The van der Waals surface area contributed by atoms with Gasteiger partial charge in [-0.2, -0.15) is 0 Å². The molecule has 0 aromatic carbocycles. The van der Waals surface area contributed by atoms with Gasteiger partial charge in [0.2, 0.25) is 0 Å². The second kappa shape index (κ2) is 7.63. The second-order valence-corrected chi connectivity index (χ2v) is 4.54. The standard InChI is InChI=1S/C12H24N2O2/c1-2-6-11(12(15)16)13-7-10-14-8-4-3-5-9-14/h11,13H,2-10H2,1H3,(H,15,16). The van der Waals surface area contributed by atoms with Crippen molar-refractivity contribution in [2.75, 3.05) is 26.2 Å². The van der Waals surface area contributed by atoms with Crippen LogP contribution in [0.2, 0.25) is 0 Å². The van der Waals surface area contributed by atoms with Gasteiger partial charge in [0.15, 0.2) is 0 Å². The molecule has 1 atom stereocenters. The zero-order chi connectivity index (χ0) is 11.8. The Morgan fingerprint density at radius 1 is 1.38 bits per heavy atom. The third-order valence-electron chi connectivity index (χ3n) is 3.14. The van der Waals surface area contributed by atoms with Crippen LogP contribution in [0.3, 0.4) is 0 Å². The van der Waals surface area contributed by atoms with E-state index in [1.165, 1.54) is 32.4 Å². The summed E-state index contributed by atoms with van der Waals surface area (Å²) in [4.78, 5) is 13.3. The summed E-state index contributed by atoms with van der Waals surface area (Å²) in [5.41, 5.74) is 0. The molecular formula is C12H24N2O2. The van der Waals surface area contributed by atoms with Gasteiger partial charge in [0.1, 0.15) is 6.04 Å². The van der Waals surface area contributed by atoms with Gasteiger partial charge in [0.25, 0.3) is 0 Å². The topological polar surface area (TPSA) is 52.6 Å². The highest BCUT2D eigenvalue weighted by atomic mass is 16.4. The number of aliphatic carboxylic acids is 1. The molecule has 0 spiro atoms. The van der Waals surface area contributed by atoms with Crippen LogP contribution in [0.5, 0.6) is 0 Å². The van der Waals surface area contributed by atoms with E-state index in [1.807, 2.05) is 6.92 Å². The van der Waals surface area contributed by atoms with Crippen molar-refractivity contribution in [3.8, 4) is 0 Å². The van der Waals surface area contributed by atoms with Crippen LogP contribution in [0.15, 0.2) is 0 Å². The van der Waals surface area contributed by atoms with Gasteiger partial charge in [0, 0.05) is 13.1 Å². The molecule has 1 unspecified atom stereocenters. The number of carboxylic acid groups (broad SMARTS) is 1. The number of hydrogen-bond acceptors (Lipinski definition) is 3. The highest BCUT2D eigenvalue weighted by Crippen LogP contribution is 2.07. The van der Waals surface area contributed by atoms with Crippen molar-refractivity contribution in [3.05, 3.63) is 0 Å². The number of rotatable bonds is 7. The van der Waals surface area contributed by atoms with Gasteiger partial charge in [-0.3, -0.25) is 4.79 Å². The quantitative estimate of drug-likeness (QED) is 0.690. The number of piperidine rings is 1. The van der Waals surface area contributed by atoms with Crippen molar-refractivity contribution in [3.63, 3.8) is 0 Å². The molecule has 1 aliphatic heterocycles. The molecule has 1 heterocycles. The highest BCUT2D eigenvalue weighted by molar-refractivity contribution is 5.73. The van der Waals surface area contributed by atoms with Crippen LogP contribution in [0.1, 0.15) is 39.0 Å². The van der Waals surface area contributed by atoms with Gasteiger partial charge in [-0.1, -0.05) is 19.8 Å². The minimum atomic E-state index is -0.722. The molecule has 0 amide bonds. The summed E-state index contributed by atoms with van der Waals surface area (Å²) < 4.78 is 0. The molecule has 0 aromatic heterocycles. The summed E-state index contributed by atoms with van der Waals surface area (Å²) in [6.07, 6.45) is 5.55. The maximum Gasteiger partial charge on any atom is 0.320 e. The molecule has 4 nitrogen and oxygen atoms in total. The predicted octanol–water partition coefficient (Wildman–Crippen LogP) is 1.32. The molecule has 0 aliphatic carbocycles. The van der Waals surface area contributed by atoms with Crippen molar-refractivity contribution in [1.82, 2.24) is 10.2 Å². The maximum absolute atomic E-state index is 10.9. The summed E-state index contributed by atoms with van der Waals surface area (Å²) in [6.45, 7) is 6.13. The van der Waals surface area contributed by atoms with E-state index >= 15 is 0 Å². The Kier molecular flexibility index (Phi) is 6.42. The van der Waals surface area contributed by atoms with Crippen LogP contribution in [0.4, 0.5) is 0 Å². The number of carbonyl (C=O) groups is 1. The van der Waals surface area contributed by atoms with Gasteiger partial charge < -0.3 is 15.3 Å². The van der Waals surface area contributed by atoms with E-state index in [4.69, 9.17) is 5.11 Å². The molecule has 1 saturated heterocycles. The minimum Gasteiger partial charge on any atom is -0.480 e. The molecule has 16 heavy (non-hydrogen) atoms. The summed E-state index contributed by atoms with van der Waals surface area (Å²) in [6, 6.07) is -0.366. The predicted molar refractivity (Wildman–Crippen MR) is 64.6 cm³/mol. The Morgan fingerprint density at radius 3 is 2.62 bits per heavy atom. The molecule has 0 saturated carbocycles. The molecule has 1 fully saturated rings. The van der Waals surface area contributed by atoms with Gasteiger partial charge >= 0.3 is 5.97 Å². The number of hydrogen-bond donors (Lipinski definition) is 2. The van der Waals surface area contributed by atoms with E-state index in [-0.39, 0.29) is 6.04 Å². The second-order valence-electron chi connectivity index (χ2n) is 4.54. The Labute approximate surface area is 98.0 Å². The number of nitrogens with zero attached hydrogens (tertiary/aromatic N) is 1. The molecule has 0 bridgehead atoms. The van der Waals surface area contributed by atoms with Gasteiger partial charge in [-0.15, -0.1) is 0 Å². The fraction of sp³-hybridized carbons (Fsp3) is 0.917. The first-order valence-corrected chi connectivity index (χ1v) is 6.42. The lowest BCUT2D eigenvalue weighted by Crippen LogP contribution is -2.42. The Bertz CT molecular complexity index is 203. The van der Waals surface area contributed by atoms with Gasteiger partial charge in [-0.05, 0) is 32.4 Å². The lowest BCUT2D eigenvalue weighted by atomic mass is 10.1. The first-order chi connectivity index (χ1) is 7.74. The molecule has 0 radical (unpaired) electrons. The first-order valence-electron chi connectivity index (χ1n) is 6.42. The van der Waals surface area contributed by atoms with E-state index in [2.05, 4.69) is 10.2 Å². The maximum atomic E-state index is 10.9. The fourth-order valence-corrected chi connectivity index (χ4v) is 2.18. The normalized spacial score (nSPS) is 19.6. The van der Waals surface area contributed by atoms with E-state index in [1.54, 1.807) is 0 Å². The lowest BCUT2D eigenvalue weighted by molar-refractivity contribution is -0.139. The van der Waals surface area contributed by atoms with Crippen LogP contribution in [-0.4, -0.2) is 48.2 Å². The zero-order valence-corrected chi connectivity index (χ0v) is 10.2. The SMILES string of the molecule is CCCC(NCCN1CCCCC1)C(=O)O. The summed E-state index contributed by atoms with van der Waals surface area (Å²) in [5, 5.41) is 12.1. The molecule has 0 aromatic rings. The van der Waals surface area contributed by atoms with Crippen molar-refractivity contribution in [2.24, 2.45) is 0 Å². The average Bonchev–Trinajstić information content (AvgIpc) is 2.29. The lowest BCUT2D eigenvalue weighted by Gasteiger charge is -2.27. The monoisotopic (exact) mass is 228 g/mol. The Hall–Kier alpha value is -0.610. The summed E-state index contributed by atoms with van der Waals surface area (Å²) in [5.74, 6) is -0.722. The zero-order valence-electron chi connectivity index (χ0n) is 10.2. The largest absolute Gasteiger partial charge is 0.480 e. The number of likely N-dealkylation sites (tertiary alicyclic amines) is 1. The average molecular weight is 228 g/mol. The molecule has 1 rings (SSSR count). The molecule has 2 N–H and O–H groups in total.